The summed E-state index contributed by atoms with van der Waals surface area (Å²) < 4.78 is 0. The molecule has 0 heterocycles. The van der Waals surface area contributed by atoms with E-state index in [1.54, 1.807) is 24.3 Å². The Kier molecular flexibility index (Phi) is 3.44. The number of rotatable bonds is 3. The van der Waals surface area contributed by atoms with Crippen molar-refractivity contribution in [1.82, 2.24) is 0 Å². The fourth-order valence-corrected chi connectivity index (χ4v) is 1.89. The molecule has 2 aromatic carbocycles. The number of carboxylic acids is 1. The van der Waals surface area contributed by atoms with Crippen LogP contribution in [-0.2, 0) is 0 Å². The molecule has 0 saturated heterocycles. The third kappa shape index (κ3) is 2.41. The van der Waals surface area contributed by atoms with Crippen molar-refractivity contribution in [2.45, 2.75) is 0 Å². The Balaban J connectivity index is 2.58. The number of carbonyl (C=O) groups excluding carboxylic acids is 1. The summed E-state index contributed by atoms with van der Waals surface area (Å²) >= 11 is 6.05. The van der Waals surface area contributed by atoms with Crippen LogP contribution in [0.3, 0.4) is 0 Å². The minimum absolute atomic E-state index is 0.158. The first-order valence-corrected chi connectivity index (χ1v) is 5.58. The third-order valence-corrected chi connectivity index (χ3v) is 2.88. The van der Waals surface area contributed by atoms with Crippen molar-refractivity contribution >= 4 is 23.9 Å². The van der Waals surface area contributed by atoms with Gasteiger partial charge in [0.05, 0.1) is 5.56 Å². The minimum atomic E-state index is -1.01. The van der Waals surface area contributed by atoms with Gasteiger partial charge in [-0.15, -0.1) is 0 Å². The normalized spacial score (nSPS) is 10.1. The molecule has 4 heteroatoms. The third-order valence-electron chi connectivity index (χ3n) is 2.55. The number of halogens is 1. The van der Waals surface area contributed by atoms with Crippen LogP contribution in [0.15, 0.2) is 42.5 Å². The molecule has 2 aromatic rings. The van der Waals surface area contributed by atoms with Gasteiger partial charge >= 0.3 is 5.97 Å². The molecular formula is C14H9ClO3. The van der Waals surface area contributed by atoms with E-state index >= 15 is 0 Å². The second-order valence-electron chi connectivity index (χ2n) is 3.74. The van der Waals surface area contributed by atoms with E-state index in [-0.39, 0.29) is 5.56 Å². The lowest BCUT2D eigenvalue weighted by molar-refractivity contribution is 0.0697. The van der Waals surface area contributed by atoms with Crippen LogP contribution in [0, 0.1) is 0 Å². The summed E-state index contributed by atoms with van der Waals surface area (Å²) in [5, 5.41) is 9.40. The highest BCUT2D eigenvalue weighted by Crippen LogP contribution is 2.29. The van der Waals surface area contributed by atoms with Crippen molar-refractivity contribution in [2.24, 2.45) is 0 Å². The van der Waals surface area contributed by atoms with Crippen LogP contribution in [0.4, 0.5) is 0 Å². The van der Waals surface area contributed by atoms with E-state index in [0.717, 1.165) is 6.29 Å². The van der Waals surface area contributed by atoms with Gasteiger partial charge in [-0.3, -0.25) is 4.79 Å². The standard InChI is InChI=1S/C14H9ClO3/c15-13-5-4-11(14(17)18)7-12(13)10-3-1-2-9(6-10)8-16/h1-8H,(H,17,18). The van der Waals surface area contributed by atoms with E-state index in [1.807, 2.05) is 0 Å². The average molecular weight is 261 g/mol. The number of aldehydes is 1. The molecule has 0 aliphatic carbocycles. The zero-order valence-corrected chi connectivity index (χ0v) is 10.0. The molecule has 0 fully saturated rings. The molecule has 0 bridgehead atoms. The summed E-state index contributed by atoms with van der Waals surface area (Å²) in [7, 11) is 0. The molecule has 0 atom stereocenters. The van der Waals surface area contributed by atoms with Crippen LogP contribution in [0.2, 0.25) is 5.02 Å². The highest BCUT2D eigenvalue weighted by Gasteiger charge is 2.09. The molecule has 3 nitrogen and oxygen atoms in total. The Morgan fingerprint density at radius 3 is 2.61 bits per heavy atom. The van der Waals surface area contributed by atoms with E-state index < -0.39 is 5.97 Å². The van der Waals surface area contributed by atoms with Gasteiger partial charge in [-0.1, -0.05) is 29.8 Å². The first kappa shape index (κ1) is 12.3. The first-order chi connectivity index (χ1) is 8.61. The molecule has 0 aliphatic heterocycles. The van der Waals surface area contributed by atoms with E-state index in [4.69, 9.17) is 16.7 Å². The maximum atomic E-state index is 10.9. The van der Waals surface area contributed by atoms with E-state index in [9.17, 15) is 9.59 Å². The van der Waals surface area contributed by atoms with Crippen LogP contribution in [0.5, 0.6) is 0 Å². The summed E-state index contributed by atoms with van der Waals surface area (Å²) in [6.07, 6.45) is 0.735. The lowest BCUT2D eigenvalue weighted by Gasteiger charge is -2.06. The van der Waals surface area contributed by atoms with Gasteiger partial charge < -0.3 is 5.11 Å². The molecule has 2 rings (SSSR count). The molecule has 0 aromatic heterocycles. The molecule has 1 N–H and O–H groups in total. The van der Waals surface area contributed by atoms with Crippen molar-refractivity contribution in [1.29, 1.82) is 0 Å². The summed E-state index contributed by atoms with van der Waals surface area (Å²) in [5.41, 5.74) is 1.99. The Bertz CT molecular complexity index is 620. The topological polar surface area (TPSA) is 54.4 Å². The number of hydrogen-bond acceptors (Lipinski definition) is 2. The average Bonchev–Trinajstić information content (AvgIpc) is 2.39. The molecule has 0 spiro atoms. The number of carboxylic acid groups (broad SMARTS) is 1. The highest BCUT2D eigenvalue weighted by molar-refractivity contribution is 6.33. The quantitative estimate of drug-likeness (QED) is 0.859. The number of benzene rings is 2. The summed E-state index contributed by atoms with van der Waals surface area (Å²) in [6.45, 7) is 0. The van der Waals surface area contributed by atoms with Gasteiger partial charge in [-0.2, -0.15) is 0 Å². The van der Waals surface area contributed by atoms with Crippen molar-refractivity contribution in [3.05, 3.63) is 58.6 Å². The number of hydrogen-bond donors (Lipinski definition) is 1. The molecule has 0 radical (unpaired) electrons. The number of carbonyl (C=O) groups is 2. The summed E-state index contributed by atoms with van der Waals surface area (Å²) in [6, 6.07) is 11.3. The molecule has 18 heavy (non-hydrogen) atoms. The van der Waals surface area contributed by atoms with Crippen LogP contribution in [0.1, 0.15) is 20.7 Å². The molecular weight excluding hydrogens is 252 g/mol. The minimum Gasteiger partial charge on any atom is -0.478 e. The lowest BCUT2D eigenvalue weighted by atomic mass is 10.0. The van der Waals surface area contributed by atoms with Crippen molar-refractivity contribution in [3.63, 3.8) is 0 Å². The Labute approximate surface area is 109 Å². The Morgan fingerprint density at radius 2 is 1.94 bits per heavy atom. The van der Waals surface area contributed by atoms with Gasteiger partial charge in [0, 0.05) is 16.1 Å². The van der Waals surface area contributed by atoms with Crippen LogP contribution in [0.25, 0.3) is 11.1 Å². The second-order valence-corrected chi connectivity index (χ2v) is 4.15. The van der Waals surface area contributed by atoms with Gasteiger partial charge in [0.15, 0.2) is 0 Å². The molecule has 0 unspecified atom stereocenters. The SMILES string of the molecule is O=Cc1cccc(-c2cc(C(=O)O)ccc2Cl)c1. The fraction of sp³-hybridized carbons (Fsp3) is 0. The number of aromatic carboxylic acids is 1. The predicted octanol–water partition coefficient (Wildman–Crippen LogP) is 3.52. The Hall–Kier alpha value is -2.13. The van der Waals surface area contributed by atoms with E-state index in [1.165, 1.54) is 18.2 Å². The van der Waals surface area contributed by atoms with Crippen molar-refractivity contribution in [3.8, 4) is 11.1 Å². The Morgan fingerprint density at radius 1 is 1.17 bits per heavy atom. The van der Waals surface area contributed by atoms with Gasteiger partial charge in [0.25, 0.3) is 0 Å². The van der Waals surface area contributed by atoms with Crippen LogP contribution >= 0.6 is 11.6 Å². The zero-order valence-electron chi connectivity index (χ0n) is 9.26. The smallest absolute Gasteiger partial charge is 0.335 e. The van der Waals surface area contributed by atoms with Crippen LogP contribution in [-0.4, -0.2) is 17.4 Å². The summed E-state index contributed by atoms with van der Waals surface area (Å²) in [4.78, 5) is 21.6. The first-order valence-electron chi connectivity index (χ1n) is 5.20. The molecule has 0 amide bonds. The molecule has 0 aliphatic rings. The molecule has 90 valence electrons. The van der Waals surface area contributed by atoms with E-state index in [0.29, 0.717) is 21.7 Å². The maximum absolute atomic E-state index is 10.9. The molecule has 0 saturated carbocycles. The predicted molar refractivity (Wildman–Crippen MR) is 69.2 cm³/mol. The lowest BCUT2D eigenvalue weighted by Crippen LogP contribution is -1.96. The maximum Gasteiger partial charge on any atom is 0.335 e. The highest BCUT2D eigenvalue weighted by atomic mass is 35.5. The van der Waals surface area contributed by atoms with Gasteiger partial charge in [0.1, 0.15) is 6.29 Å². The zero-order chi connectivity index (χ0) is 13.1. The van der Waals surface area contributed by atoms with Crippen molar-refractivity contribution in [2.75, 3.05) is 0 Å². The fourth-order valence-electron chi connectivity index (χ4n) is 1.66. The van der Waals surface area contributed by atoms with Gasteiger partial charge in [-0.25, -0.2) is 4.79 Å². The monoisotopic (exact) mass is 260 g/mol. The summed E-state index contributed by atoms with van der Waals surface area (Å²) in [5.74, 6) is -1.01. The van der Waals surface area contributed by atoms with Gasteiger partial charge in [0.2, 0.25) is 0 Å². The van der Waals surface area contributed by atoms with Crippen molar-refractivity contribution < 1.29 is 14.7 Å². The van der Waals surface area contributed by atoms with E-state index in [2.05, 4.69) is 0 Å². The van der Waals surface area contributed by atoms with Crippen LogP contribution < -0.4 is 0 Å². The second kappa shape index (κ2) is 5.02. The largest absolute Gasteiger partial charge is 0.478 e. The van der Waals surface area contributed by atoms with Gasteiger partial charge in [-0.05, 0) is 29.8 Å².